The number of rotatable bonds is 6. The van der Waals surface area contributed by atoms with Gasteiger partial charge in [0.15, 0.2) is 0 Å². The van der Waals surface area contributed by atoms with Crippen molar-refractivity contribution < 1.29 is 18.3 Å². The summed E-state index contributed by atoms with van der Waals surface area (Å²) in [4.78, 5) is 0. The second kappa shape index (κ2) is 6.21. The molecule has 2 aromatic rings. The van der Waals surface area contributed by atoms with Gasteiger partial charge < -0.3 is 13.9 Å². The molecule has 0 fully saturated rings. The lowest BCUT2D eigenvalue weighted by atomic mass is 10.1. The quantitative estimate of drug-likeness (QED) is 0.735. The van der Waals surface area contributed by atoms with Gasteiger partial charge in [0.05, 0.1) is 18.4 Å². The van der Waals surface area contributed by atoms with Crippen LogP contribution >= 0.6 is 0 Å². The smallest absolute Gasteiger partial charge is 0.137 e. The Labute approximate surface area is 105 Å². The zero-order valence-corrected chi connectivity index (χ0v) is 10.2. The zero-order chi connectivity index (χ0) is 12.8. The lowest BCUT2D eigenvalue weighted by molar-refractivity contribution is 0.172. The highest BCUT2D eigenvalue weighted by Gasteiger charge is 2.10. The maximum absolute atomic E-state index is 13.3. The summed E-state index contributed by atoms with van der Waals surface area (Å²) in [6, 6.07) is 7.92. The predicted molar refractivity (Wildman–Crippen MR) is 66.1 cm³/mol. The molecule has 0 atom stereocenters. The first-order valence-corrected chi connectivity index (χ1v) is 5.76. The molecule has 0 saturated heterocycles. The highest BCUT2D eigenvalue weighted by molar-refractivity contribution is 5.65. The van der Waals surface area contributed by atoms with Crippen LogP contribution in [0.1, 0.15) is 6.42 Å². The van der Waals surface area contributed by atoms with Gasteiger partial charge in [-0.3, -0.25) is 0 Å². The van der Waals surface area contributed by atoms with Gasteiger partial charge in [-0.2, -0.15) is 0 Å². The minimum atomic E-state index is -0.314. The standard InChI is InChI=1S/C14H15FO3/c1-16-7-3-9-18-14-6-5-11(15)10-12(14)13-4-2-8-17-13/h2,4-6,8,10H,3,7,9H2,1H3. The predicted octanol–water partition coefficient (Wildman–Crippen LogP) is 3.50. The largest absolute Gasteiger partial charge is 0.493 e. The fourth-order valence-electron chi connectivity index (χ4n) is 1.64. The van der Waals surface area contributed by atoms with Crippen LogP contribution in [0, 0.1) is 5.82 Å². The van der Waals surface area contributed by atoms with Gasteiger partial charge in [-0.15, -0.1) is 0 Å². The number of hydrogen-bond donors (Lipinski definition) is 0. The fourth-order valence-corrected chi connectivity index (χ4v) is 1.64. The summed E-state index contributed by atoms with van der Waals surface area (Å²) < 4.78 is 29.1. The van der Waals surface area contributed by atoms with E-state index in [9.17, 15) is 4.39 Å². The second-order valence-corrected chi connectivity index (χ2v) is 3.81. The van der Waals surface area contributed by atoms with Gasteiger partial charge in [-0.25, -0.2) is 4.39 Å². The molecule has 2 rings (SSSR count). The van der Waals surface area contributed by atoms with E-state index in [1.165, 1.54) is 12.1 Å². The van der Waals surface area contributed by atoms with Gasteiger partial charge in [-0.05, 0) is 30.3 Å². The first-order valence-electron chi connectivity index (χ1n) is 5.76. The average molecular weight is 250 g/mol. The van der Waals surface area contributed by atoms with Crippen LogP contribution in [0.4, 0.5) is 4.39 Å². The molecule has 0 bridgehead atoms. The number of ether oxygens (including phenoxy) is 2. The summed E-state index contributed by atoms with van der Waals surface area (Å²) in [7, 11) is 1.65. The number of hydrogen-bond acceptors (Lipinski definition) is 3. The van der Waals surface area contributed by atoms with Gasteiger partial charge >= 0.3 is 0 Å². The number of halogens is 1. The van der Waals surface area contributed by atoms with E-state index in [1.807, 2.05) is 0 Å². The van der Waals surface area contributed by atoms with Crippen molar-refractivity contribution in [2.75, 3.05) is 20.3 Å². The molecule has 1 heterocycles. The minimum Gasteiger partial charge on any atom is -0.493 e. The summed E-state index contributed by atoms with van der Waals surface area (Å²) >= 11 is 0. The van der Waals surface area contributed by atoms with Crippen molar-refractivity contribution in [3.63, 3.8) is 0 Å². The van der Waals surface area contributed by atoms with Crippen molar-refractivity contribution in [1.82, 2.24) is 0 Å². The molecule has 0 amide bonds. The summed E-state index contributed by atoms with van der Waals surface area (Å²) in [5, 5.41) is 0. The Morgan fingerprint density at radius 1 is 1.22 bits per heavy atom. The molecule has 4 heteroatoms. The summed E-state index contributed by atoms with van der Waals surface area (Å²) in [5.41, 5.74) is 0.623. The van der Waals surface area contributed by atoms with E-state index < -0.39 is 0 Å². The maximum Gasteiger partial charge on any atom is 0.137 e. The van der Waals surface area contributed by atoms with Crippen LogP contribution in [-0.2, 0) is 4.74 Å². The molecule has 0 radical (unpaired) electrons. The maximum atomic E-state index is 13.3. The zero-order valence-electron chi connectivity index (χ0n) is 10.2. The number of furan rings is 1. The number of benzene rings is 1. The van der Waals surface area contributed by atoms with E-state index in [2.05, 4.69) is 0 Å². The number of methoxy groups -OCH3 is 1. The molecule has 0 spiro atoms. The van der Waals surface area contributed by atoms with Gasteiger partial charge in [0.2, 0.25) is 0 Å². The molecular formula is C14H15FO3. The van der Waals surface area contributed by atoms with Gasteiger partial charge in [0, 0.05) is 20.1 Å². The Morgan fingerprint density at radius 3 is 2.83 bits per heavy atom. The summed E-state index contributed by atoms with van der Waals surface area (Å²) in [6.07, 6.45) is 2.33. The molecule has 0 aliphatic carbocycles. The van der Waals surface area contributed by atoms with Crippen LogP contribution in [0.5, 0.6) is 5.75 Å². The molecule has 1 aromatic heterocycles. The van der Waals surface area contributed by atoms with Crippen LogP contribution < -0.4 is 4.74 Å². The third-order valence-corrected chi connectivity index (χ3v) is 2.48. The van der Waals surface area contributed by atoms with Crippen molar-refractivity contribution in [1.29, 1.82) is 0 Å². The fraction of sp³-hybridized carbons (Fsp3) is 0.286. The van der Waals surface area contributed by atoms with E-state index in [0.29, 0.717) is 30.3 Å². The van der Waals surface area contributed by atoms with Crippen LogP contribution in [-0.4, -0.2) is 20.3 Å². The molecule has 1 aromatic carbocycles. The molecule has 0 N–H and O–H groups in total. The topological polar surface area (TPSA) is 31.6 Å². The molecular weight excluding hydrogens is 235 g/mol. The molecule has 0 unspecified atom stereocenters. The Hall–Kier alpha value is -1.81. The van der Waals surface area contributed by atoms with Gasteiger partial charge in [-0.1, -0.05) is 0 Å². The Kier molecular flexibility index (Phi) is 4.36. The summed E-state index contributed by atoms with van der Waals surface area (Å²) in [5.74, 6) is 0.893. The first kappa shape index (κ1) is 12.6. The van der Waals surface area contributed by atoms with Crippen LogP contribution in [0.15, 0.2) is 41.0 Å². The lowest BCUT2D eigenvalue weighted by Crippen LogP contribution is -2.02. The van der Waals surface area contributed by atoms with E-state index in [4.69, 9.17) is 13.9 Å². The third-order valence-electron chi connectivity index (χ3n) is 2.48. The molecule has 0 saturated carbocycles. The SMILES string of the molecule is COCCCOc1ccc(F)cc1-c1ccco1. The van der Waals surface area contributed by atoms with Gasteiger partial charge in [0.25, 0.3) is 0 Å². The van der Waals surface area contributed by atoms with Gasteiger partial charge in [0.1, 0.15) is 17.3 Å². The van der Waals surface area contributed by atoms with Crippen molar-refractivity contribution in [2.45, 2.75) is 6.42 Å². The highest BCUT2D eigenvalue weighted by Crippen LogP contribution is 2.31. The average Bonchev–Trinajstić information content (AvgIpc) is 2.90. The second-order valence-electron chi connectivity index (χ2n) is 3.81. The van der Waals surface area contributed by atoms with Crippen LogP contribution in [0.3, 0.4) is 0 Å². The normalized spacial score (nSPS) is 10.6. The summed E-state index contributed by atoms with van der Waals surface area (Å²) in [6.45, 7) is 1.16. The van der Waals surface area contributed by atoms with Crippen molar-refractivity contribution in [2.24, 2.45) is 0 Å². The highest BCUT2D eigenvalue weighted by atomic mass is 19.1. The van der Waals surface area contributed by atoms with E-state index in [0.717, 1.165) is 6.42 Å². The molecule has 3 nitrogen and oxygen atoms in total. The minimum absolute atomic E-state index is 0.314. The Morgan fingerprint density at radius 2 is 2.11 bits per heavy atom. The molecule has 0 aliphatic heterocycles. The van der Waals surface area contributed by atoms with Crippen LogP contribution in [0.2, 0.25) is 0 Å². The Bertz CT molecular complexity index is 480. The third kappa shape index (κ3) is 3.11. The lowest BCUT2D eigenvalue weighted by Gasteiger charge is -2.10. The van der Waals surface area contributed by atoms with Crippen LogP contribution in [0.25, 0.3) is 11.3 Å². The monoisotopic (exact) mass is 250 g/mol. The van der Waals surface area contributed by atoms with Crippen molar-refractivity contribution in [3.05, 3.63) is 42.4 Å². The van der Waals surface area contributed by atoms with Crippen molar-refractivity contribution >= 4 is 0 Å². The van der Waals surface area contributed by atoms with E-state index >= 15 is 0 Å². The first-order chi connectivity index (χ1) is 8.81. The molecule has 0 aliphatic rings. The molecule has 18 heavy (non-hydrogen) atoms. The Balaban J connectivity index is 2.14. The van der Waals surface area contributed by atoms with E-state index in [-0.39, 0.29) is 5.82 Å². The van der Waals surface area contributed by atoms with E-state index in [1.54, 1.807) is 31.6 Å². The molecule has 96 valence electrons. The van der Waals surface area contributed by atoms with Crippen molar-refractivity contribution in [3.8, 4) is 17.1 Å².